The Morgan fingerprint density at radius 1 is 1.14 bits per heavy atom. The molecule has 3 aromatic rings. The zero-order valence-corrected chi connectivity index (χ0v) is 21.7. The molecule has 37 heavy (non-hydrogen) atoms. The summed E-state index contributed by atoms with van der Waals surface area (Å²) in [5.41, 5.74) is 8.45. The van der Waals surface area contributed by atoms with Crippen LogP contribution in [-0.4, -0.2) is 34.3 Å². The summed E-state index contributed by atoms with van der Waals surface area (Å²) in [7, 11) is 1.00. The number of nitrogens with zero attached hydrogens (tertiary/aromatic N) is 2. The lowest BCUT2D eigenvalue weighted by Gasteiger charge is -2.24. The van der Waals surface area contributed by atoms with Crippen molar-refractivity contribution in [3.63, 3.8) is 0 Å². The zero-order valence-electron chi connectivity index (χ0n) is 21.7. The van der Waals surface area contributed by atoms with Crippen LogP contribution in [0.2, 0.25) is 0 Å². The van der Waals surface area contributed by atoms with E-state index in [4.69, 9.17) is 10.8 Å². The van der Waals surface area contributed by atoms with E-state index in [2.05, 4.69) is 15.3 Å². The summed E-state index contributed by atoms with van der Waals surface area (Å²) in [6, 6.07) is 8.53. The van der Waals surface area contributed by atoms with Crippen LogP contribution in [0, 0.1) is 18.6 Å². The third-order valence-electron chi connectivity index (χ3n) is 5.89. The Morgan fingerprint density at radius 2 is 1.86 bits per heavy atom. The Morgan fingerprint density at radius 3 is 2.51 bits per heavy atom. The number of aliphatic hydroxyl groups excluding tert-OH is 1. The summed E-state index contributed by atoms with van der Waals surface area (Å²) in [5.74, 6) is -1.68. The summed E-state index contributed by atoms with van der Waals surface area (Å²) >= 11 is 0. The first-order chi connectivity index (χ1) is 17.8. The normalized spacial score (nSPS) is 16.5. The Labute approximate surface area is 216 Å². The van der Waals surface area contributed by atoms with Gasteiger partial charge in [0.15, 0.2) is 0 Å². The molecule has 2 aromatic carbocycles. The quantitative estimate of drug-likeness (QED) is 0.394. The number of alkyl halides is 1. The lowest BCUT2D eigenvalue weighted by Crippen LogP contribution is -2.24. The summed E-state index contributed by atoms with van der Waals surface area (Å²) in [5, 5.41) is 9.60. The number of hydrogen-bond acceptors (Lipinski definition) is 5. The number of aromatic nitrogens is 2. The van der Waals surface area contributed by atoms with Gasteiger partial charge >= 0.3 is 0 Å². The van der Waals surface area contributed by atoms with E-state index >= 15 is 0 Å². The molecule has 2 atom stereocenters. The van der Waals surface area contributed by atoms with Gasteiger partial charge in [-0.05, 0) is 68.0 Å². The second-order valence-electron chi connectivity index (χ2n) is 8.50. The van der Waals surface area contributed by atoms with Gasteiger partial charge in [-0.3, -0.25) is 4.79 Å². The number of benzene rings is 2. The zero-order chi connectivity index (χ0) is 27.5. The van der Waals surface area contributed by atoms with Crippen molar-refractivity contribution < 1.29 is 23.1 Å². The largest absolute Gasteiger partial charge is 0.400 e. The molecule has 1 aliphatic carbocycles. The number of nitrogens with two attached hydrogens (primary N) is 1. The summed E-state index contributed by atoms with van der Waals surface area (Å²) in [6.45, 7) is 5.82. The molecule has 1 heterocycles. The fraction of sp³-hybridized carbons (Fsp3) is 0.393. The smallest absolute Gasteiger partial charge is 0.254 e. The van der Waals surface area contributed by atoms with Crippen LogP contribution < -0.4 is 11.1 Å². The van der Waals surface area contributed by atoms with Crippen molar-refractivity contribution in [3.05, 3.63) is 76.6 Å². The Kier molecular flexibility index (Phi) is 11.5. The SMILES string of the molecule is CC.CO.Cc1cc(F)cc(CNC(=O)c2ccc(-c3nc(C4CCCC(F)C4)cnc3N)cc2F)c1. The molecule has 0 bridgehead atoms. The van der Waals surface area contributed by atoms with E-state index in [9.17, 15) is 18.0 Å². The van der Waals surface area contributed by atoms with E-state index in [-0.39, 0.29) is 23.8 Å². The first kappa shape index (κ1) is 29.8. The van der Waals surface area contributed by atoms with Gasteiger partial charge in [0, 0.05) is 25.1 Å². The summed E-state index contributed by atoms with van der Waals surface area (Å²) in [6.07, 6.45) is 3.22. The average Bonchev–Trinajstić information content (AvgIpc) is 2.89. The molecule has 1 fully saturated rings. The van der Waals surface area contributed by atoms with E-state index in [1.165, 1.54) is 24.3 Å². The first-order valence-corrected chi connectivity index (χ1v) is 12.4. The van der Waals surface area contributed by atoms with E-state index in [0.717, 1.165) is 25.5 Å². The highest BCUT2D eigenvalue weighted by molar-refractivity contribution is 5.95. The molecular weight excluding hydrogens is 481 g/mol. The van der Waals surface area contributed by atoms with Crippen molar-refractivity contribution in [2.45, 2.75) is 65.1 Å². The number of carbonyl (C=O) groups excluding carboxylic acids is 1. The minimum atomic E-state index is -0.863. The van der Waals surface area contributed by atoms with Crippen LogP contribution in [0.1, 0.15) is 72.6 Å². The van der Waals surface area contributed by atoms with Crippen molar-refractivity contribution in [1.29, 1.82) is 0 Å². The van der Waals surface area contributed by atoms with E-state index in [1.54, 1.807) is 25.3 Å². The van der Waals surface area contributed by atoms with Gasteiger partial charge in [0.2, 0.25) is 0 Å². The van der Waals surface area contributed by atoms with Crippen LogP contribution in [0.15, 0.2) is 42.6 Å². The molecular formula is C28H35F3N4O2. The van der Waals surface area contributed by atoms with Crippen molar-refractivity contribution in [2.24, 2.45) is 0 Å². The van der Waals surface area contributed by atoms with Crippen LogP contribution in [-0.2, 0) is 6.54 Å². The number of carbonyl (C=O) groups is 1. The fourth-order valence-electron chi connectivity index (χ4n) is 4.26. The lowest BCUT2D eigenvalue weighted by molar-refractivity contribution is 0.0947. The van der Waals surface area contributed by atoms with Crippen LogP contribution >= 0.6 is 0 Å². The molecule has 0 spiro atoms. The number of aryl methyl sites for hydroxylation is 1. The minimum absolute atomic E-state index is 0.0537. The maximum absolute atomic E-state index is 14.8. The van der Waals surface area contributed by atoms with Gasteiger partial charge in [0.25, 0.3) is 5.91 Å². The third kappa shape index (κ3) is 8.01. The van der Waals surface area contributed by atoms with Crippen LogP contribution in [0.5, 0.6) is 0 Å². The molecule has 9 heteroatoms. The highest BCUT2D eigenvalue weighted by Gasteiger charge is 2.25. The fourth-order valence-corrected chi connectivity index (χ4v) is 4.26. The number of hydrogen-bond donors (Lipinski definition) is 3. The Hall–Kier alpha value is -3.46. The minimum Gasteiger partial charge on any atom is -0.400 e. The second-order valence-corrected chi connectivity index (χ2v) is 8.50. The number of nitrogens with one attached hydrogen (secondary N) is 1. The topological polar surface area (TPSA) is 101 Å². The van der Waals surface area contributed by atoms with Crippen molar-refractivity contribution >= 4 is 11.7 Å². The summed E-state index contributed by atoms with van der Waals surface area (Å²) < 4.78 is 42.2. The Balaban J connectivity index is 0.00000115. The molecule has 4 rings (SSSR count). The van der Waals surface area contributed by atoms with Crippen molar-refractivity contribution in [1.82, 2.24) is 15.3 Å². The number of nitrogen functional groups attached to an aromatic ring is 1. The van der Waals surface area contributed by atoms with Gasteiger partial charge in [-0.2, -0.15) is 0 Å². The standard InChI is InChI=1S/C25H25F3N4O.C2H6.CH4O/c1-14-7-15(9-19(27)8-14)12-31-25(33)20-6-5-17(11-21(20)28)23-24(29)30-13-22(32-23)16-3-2-4-18(26)10-16;2*1-2/h5-9,11,13,16,18H,2-4,10,12H2,1H3,(H2,29,30)(H,31,33);1-2H3;2H,1H3. The van der Waals surface area contributed by atoms with Gasteiger partial charge < -0.3 is 16.2 Å². The van der Waals surface area contributed by atoms with Crippen LogP contribution in [0.25, 0.3) is 11.3 Å². The monoisotopic (exact) mass is 516 g/mol. The molecule has 0 saturated heterocycles. The molecule has 2 unspecified atom stereocenters. The maximum Gasteiger partial charge on any atom is 0.254 e. The number of anilines is 1. The van der Waals surface area contributed by atoms with Gasteiger partial charge in [0.05, 0.1) is 17.5 Å². The molecule has 200 valence electrons. The molecule has 1 amide bonds. The molecule has 6 nitrogen and oxygen atoms in total. The Bertz CT molecular complexity index is 1170. The van der Waals surface area contributed by atoms with Gasteiger partial charge in [0.1, 0.15) is 29.3 Å². The second kappa shape index (κ2) is 14.3. The first-order valence-electron chi connectivity index (χ1n) is 12.4. The van der Waals surface area contributed by atoms with E-state index < -0.39 is 23.7 Å². The van der Waals surface area contributed by atoms with Gasteiger partial charge in [-0.1, -0.05) is 26.0 Å². The third-order valence-corrected chi connectivity index (χ3v) is 5.89. The molecule has 0 aliphatic heterocycles. The molecule has 4 N–H and O–H groups in total. The molecule has 1 aliphatic rings. The van der Waals surface area contributed by atoms with Crippen molar-refractivity contribution in [3.8, 4) is 11.3 Å². The van der Waals surface area contributed by atoms with Crippen molar-refractivity contribution in [2.75, 3.05) is 12.8 Å². The highest BCUT2D eigenvalue weighted by atomic mass is 19.1. The predicted octanol–water partition coefficient (Wildman–Crippen LogP) is 5.87. The summed E-state index contributed by atoms with van der Waals surface area (Å²) in [4.78, 5) is 21.2. The predicted molar refractivity (Wildman–Crippen MR) is 140 cm³/mol. The molecule has 1 aromatic heterocycles. The maximum atomic E-state index is 14.8. The number of amides is 1. The molecule has 0 radical (unpaired) electrons. The van der Waals surface area contributed by atoms with Gasteiger partial charge in [-0.15, -0.1) is 0 Å². The number of aliphatic hydroxyl groups is 1. The van der Waals surface area contributed by atoms with E-state index in [0.29, 0.717) is 35.4 Å². The highest BCUT2D eigenvalue weighted by Crippen LogP contribution is 2.35. The van der Waals surface area contributed by atoms with Gasteiger partial charge in [-0.25, -0.2) is 23.1 Å². The number of halogens is 3. The van der Waals surface area contributed by atoms with E-state index in [1.807, 2.05) is 13.8 Å². The lowest BCUT2D eigenvalue weighted by atomic mass is 9.86. The van der Waals surface area contributed by atoms with Crippen LogP contribution in [0.3, 0.4) is 0 Å². The average molecular weight is 517 g/mol. The van der Waals surface area contributed by atoms with Crippen LogP contribution in [0.4, 0.5) is 19.0 Å². The number of rotatable bonds is 5. The molecule has 1 saturated carbocycles.